The summed E-state index contributed by atoms with van der Waals surface area (Å²) < 4.78 is 5.99. The zero-order valence-electron chi connectivity index (χ0n) is 17.4. The quantitative estimate of drug-likeness (QED) is 0.654. The van der Waals surface area contributed by atoms with E-state index in [1.54, 1.807) is 0 Å². The molecule has 3 heteroatoms. The zero-order valence-corrected chi connectivity index (χ0v) is 17.4. The van der Waals surface area contributed by atoms with Crippen LogP contribution in [0.15, 0.2) is 72.8 Å². The summed E-state index contributed by atoms with van der Waals surface area (Å²) in [5.41, 5.74) is 6.53. The molecule has 0 saturated carbocycles. The lowest BCUT2D eigenvalue weighted by molar-refractivity contribution is 0.198. The first-order valence-electron chi connectivity index (χ1n) is 10.5. The minimum absolute atomic E-state index is 0.277. The Morgan fingerprint density at radius 3 is 2.14 bits per heavy atom. The molecule has 3 nitrogen and oxygen atoms in total. The summed E-state index contributed by atoms with van der Waals surface area (Å²) in [4.78, 5) is 2.59. The average molecular weight is 387 g/mol. The molecule has 1 aliphatic heterocycles. The van der Waals surface area contributed by atoms with Gasteiger partial charge in [-0.05, 0) is 42.7 Å². The minimum Gasteiger partial charge on any atom is -0.489 e. The van der Waals surface area contributed by atoms with Crippen LogP contribution in [0.1, 0.15) is 33.9 Å². The van der Waals surface area contributed by atoms with Crippen LogP contribution in [0.4, 0.5) is 0 Å². The first kappa shape index (κ1) is 19.7. The highest BCUT2D eigenvalue weighted by molar-refractivity contribution is 5.39. The lowest BCUT2D eigenvalue weighted by Crippen LogP contribution is -2.45. The fourth-order valence-electron chi connectivity index (χ4n) is 4.21. The van der Waals surface area contributed by atoms with E-state index < -0.39 is 0 Å². The van der Waals surface area contributed by atoms with Gasteiger partial charge in [0.15, 0.2) is 0 Å². The van der Waals surface area contributed by atoms with Gasteiger partial charge >= 0.3 is 0 Å². The zero-order chi connectivity index (χ0) is 20.1. The Hall–Kier alpha value is -2.62. The average Bonchev–Trinajstić information content (AvgIpc) is 2.74. The fourth-order valence-corrected chi connectivity index (χ4v) is 4.21. The second-order valence-electron chi connectivity index (χ2n) is 7.95. The molecule has 0 spiro atoms. The number of hydrogen-bond donors (Lipinski definition) is 1. The lowest BCUT2D eigenvalue weighted by atomic mass is 9.93. The Balaban J connectivity index is 1.57. The standard InChI is InChI=1S/C26H30N2O/c1-20-16-21(2)18-24(17-20)26(28-14-12-27-13-15-28)23-8-10-25(11-9-23)29-19-22-6-4-3-5-7-22/h3-11,16-18,26-27H,12-15,19H2,1-2H3. The molecule has 1 atom stereocenters. The van der Waals surface area contributed by atoms with Crippen LogP contribution in [-0.4, -0.2) is 31.1 Å². The minimum atomic E-state index is 0.277. The third-order valence-corrected chi connectivity index (χ3v) is 5.52. The van der Waals surface area contributed by atoms with Crippen LogP contribution < -0.4 is 10.1 Å². The van der Waals surface area contributed by atoms with Gasteiger partial charge in [-0.15, -0.1) is 0 Å². The van der Waals surface area contributed by atoms with Gasteiger partial charge in [-0.3, -0.25) is 4.90 Å². The largest absolute Gasteiger partial charge is 0.489 e. The van der Waals surface area contributed by atoms with Gasteiger partial charge < -0.3 is 10.1 Å². The van der Waals surface area contributed by atoms with Gasteiger partial charge in [0.2, 0.25) is 0 Å². The molecule has 0 aliphatic carbocycles. The van der Waals surface area contributed by atoms with Crippen LogP contribution in [-0.2, 0) is 6.61 Å². The summed E-state index contributed by atoms with van der Waals surface area (Å²) in [6, 6.07) is 26.2. The number of aryl methyl sites for hydroxylation is 2. The summed E-state index contributed by atoms with van der Waals surface area (Å²) in [6.07, 6.45) is 0. The van der Waals surface area contributed by atoms with Gasteiger partial charge in [0.1, 0.15) is 12.4 Å². The van der Waals surface area contributed by atoms with Crippen LogP contribution in [0.5, 0.6) is 5.75 Å². The maximum Gasteiger partial charge on any atom is 0.119 e. The van der Waals surface area contributed by atoms with E-state index >= 15 is 0 Å². The summed E-state index contributed by atoms with van der Waals surface area (Å²) in [5, 5.41) is 3.48. The van der Waals surface area contributed by atoms with E-state index in [9.17, 15) is 0 Å². The van der Waals surface area contributed by atoms with Crippen molar-refractivity contribution in [3.63, 3.8) is 0 Å². The number of ether oxygens (including phenoxy) is 1. The predicted molar refractivity (Wildman–Crippen MR) is 119 cm³/mol. The highest BCUT2D eigenvalue weighted by Crippen LogP contribution is 2.31. The predicted octanol–water partition coefficient (Wildman–Crippen LogP) is 4.88. The number of benzene rings is 3. The summed E-state index contributed by atoms with van der Waals surface area (Å²) >= 11 is 0. The number of hydrogen-bond acceptors (Lipinski definition) is 3. The first-order valence-corrected chi connectivity index (χ1v) is 10.5. The molecule has 3 aromatic carbocycles. The van der Waals surface area contributed by atoms with Gasteiger partial charge in [-0.1, -0.05) is 71.8 Å². The Bertz CT molecular complexity index is 895. The molecule has 29 heavy (non-hydrogen) atoms. The van der Waals surface area contributed by atoms with Crippen molar-refractivity contribution in [2.45, 2.75) is 26.5 Å². The second-order valence-corrected chi connectivity index (χ2v) is 7.95. The van der Waals surface area contributed by atoms with Crippen molar-refractivity contribution in [2.75, 3.05) is 26.2 Å². The van der Waals surface area contributed by atoms with Crippen molar-refractivity contribution in [3.8, 4) is 5.75 Å². The molecule has 0 radical (unpaired) electrons. The summed E-state index contributed by atoms with van der Waals surface area (Å²) in [7, 11) is 0. The third kappa shape index (κ3) is 5.06. The Labute approximate surface area is 174 Å². The molecule has 1 unspecified atom stereocenters. The van der Waals surface area contributed by atoms with Gasteiger partial charge in [0.05, 0.1) is 6.04 Å². The van der Waals surface area contributed by atoms with Crippen molar-refractivity contribution in [1.82, 2.24) is 10.2 Å². The number of rotatable bonds is 6. The van der Waals surface area contributed by atoms with E-state index in [4.69, 9.17) is 4.74 Å². The molecule has 1 fully saturated rings. The molecule has 1 aliphatic rings. The molecule has 0 amide bonds. The van der Waals surface area contributed by atoms with Crippen LogP contribution >= 0.6 is 0 Å². The normalized spacial score (nSPS) is 15.8. The Morgan fingerprint density at radius 2 is 1.48 bits per heavy atom. The molecular weight excluding hydrogens is 356 g/mol. The van der Waals surface area contributed by atoms with Crippen molar-refractivity contribution in [2.24, 2.45) is 0 Å². The number of nitrogens with one attached hydrogen (secondary N) is 1. The van der Waals surface area contributed by atoms with Crippen LogP contribution in [0, 0.1) is 13.8 Å². The van der Waals surface area contributed by atoms with E-state index in [-0.39, 0.29) is 6.04 Å². The van der Waals surface area contributed by atoms with Gasteiger partial charge in [0, 0.05) is 26.2 Å². The van der Waals surface area contributed by atoms with Crippen molar-refractivity contribution in [3.05, 3.63) is 101 Å². The molecule has 3 aromatic rings. The van der Waals surface area contributed by atoms with E-state index in [0.29, 0.717) is 6.61 Å². The summed E-state index contributed by atoms with van der Waals surface area (Å²) in [6.45, 7) is 9.17. The van der Waals surface area contributed by atoms with E-state index in [1.165, 1.54) is 27.8 Å². The molecule has 1 saturated heterocycles. The monoisotopic (exact) mass is 386 g/mol. The molecule has 0 aromatic heterocycles. The SMILES string of the molecule is Cc1cc(C)cc(C(c2ccc(OCc3ccccc3)cc2)N2CCNCC2)c1. The van der Waals surface area contributed by atoms with Crippen LogP contribution in [0.2, 0.25) is 0 Å². The highest BCUT2D eigenvalue weighted by atomic mass is 16.5. The van der Waals surface area contributed by atoms with Crippen LogP contribution in [0.3, 0.4) is 0 Å². The summed E-state index contributed by atoms with van der Waals surface area (Å²) in [5.74, 6) is 0.914. The highest BCUT2D eigenvalue weighted by Gasteiger charge is 2.24. The van der Waals surface area contributed by atoms with E-state index in [0.717, 1.165) is 31.9 Å². The Kier molecular flexibility index (Phi) is 6.28. The Morgan fingerprint density at radius 1 is 0.828 bits per heavy atom. The number of nitrogens with zero attached hydrogens (tertiary/aromatic N) is 1. The molecule has 4 rings (SSSR count). The molecule has 1 heterocycles. The van der Waals surface area contributed by atoms with Gasteiger partial charge in [-0.2, -0.15) is 0 Å². The van der Waals surface area contributed by atoms with E-state index in [2.05, 4.69) is 78.7 Å². The van der Waals surface area contributed by atoms with E-state index in [1.807, 2.05) is 18.2 Å². The smallest absolute Gasteiger partial charge is 0.119 e. The lowest BCUT2D eigenvalue weighted by Gasteiger charge is -2.36. The fraction of sp³-hybridized carbons (Fsp3) is 0.308. The van der Waals surface area contributed by atoms with Gasteiger partial charge in [-0.25, -0.2) is 0 Å². The molecule has 150 valence electrons. The maximum absolute atomic E-state index is 5.99. The van der Waals surface area contributed by atoms with Crippen LogP contribution in [0.25, 0.3) is 0 Å². The second kappa shape index (κ2) is 9.25. The van der Waals surface area contributed by atoms with Crippen molar-refractivity contribution >= 4 is 0 Å². The van der Waals surface area contributed by atoms with Gasteiger partial charge in [0.25, 0.3) is 0 Å². The molecular formula is C26H30N2O. The molecule has 1 N–H and O–H groups in total. The topological polar surface area (TPSA) is 24.5 Å². The number of piperazine rings is 1. The van der Waals surface area contributed by atoms with Crippen molar-refractivity contribution in [1.29, 1.82) is 0 Å². The molecule has 0 bridgehead atoms. The first-order chi connectivity index (χ1) is 14.2. The maximum atomic E-state index is 5.99. The van der Waals surface area contributed by atoms with Crippen molar-refractivity contribution < 1.29 is 4.74 Å². The third-order valence-electron chi connectivity index (χ3n) is 5.52.